The molecule has 170 valence electrons. The standard InChI is InChI=1S/C23H14Cl5IN2O2/c24-12-7-11(8-13(25)9-12)19-20(23(19,27)28)22(33)31-16-5-6-18(26)17(10-16)21(32)30-15-3-1-14(29)2-4-15/h1-10,19-20H,(H,30,32)(H,31,33)/t19-,20+/m1/s1. The van der Waals surface area contributed by atoms with Gasteiger partial charge in [0, 0.05) is 30.9 Å². The monoisotopic (exact) mass is 652 g/mol. The van der Waals surface area contributed by atoms with Crippen LogP contribution in [0.1, 0.15) is 21.8 Å². The van der Waals surface area contributed by atoms with Gasteiger partial charge in [-0.05, 0) is 88.8 Å². The predicted octanol–water partition coefficient (Wildman–Crippen LogP) is 8.03. The van der Waals surface area contributed by atoms with Gasteiger partial charge in [-0.25, -0.2) is 0 Å². The molecule has 33 heavy (non-hydrogen) atoms. The highest BCUT2D eigenvalue weighted by molar-refractivity contribution is 14.1. The third-order valence-electron chi connectivity index (χ3n) is 5.16. The third kappa shape index (κ3) is 5.55. The second-order valence-electron chi connectivity index (χ2n) is 7.48. The Morgan fingerprint density at radius 1 is 0.818 bits per heavy atom. The minimum atomic E-state index is -1.31. The zero-order chi connectivity index (χ0) is 23.9. The lowest BCUT2D eigenvalue weighted by molar-refractivity contribution is -0.117. The summed E-state index contributed by atoms with van der Waals surface area (Å²) in [5, 5.41) is 6.65. The van der Waals surface area contributed by atoms with Crippen molar-refractivity contribution in [2.75, 3.05) is 10.6 Å². The van der Waals surface area contributed by atoms with Gasteiger partial charge >= 0.3 is 0 Å². The summed E-state index contributed by atoms with van der Waals surface area (Å²) >= 11 is 33.4. The smallest absolute Gasteiger partial charge is 0.257 e. The molecule has 3 aromatic carbocycles. The van der Waals surface area contributed by atoms with Gasteiger partial charge in [0.2, 0.25) is 5.91 Å². The van der Waals surface area contributed by atoms with Crippen molar-refractivity contribution in [3.05, 3.63) is 90.4 Å². The summed E-state index contributed by atoms with van der Waals surface area (Å²) in [6.45, 7) is 0. The van der Waals surface area contributed by atoms with Gasteiger partial charge in [-0.1, -0.05) is 34.8 Å². The first-order valence-corrected chi connectivity index (χ1v) is 12.5. The third-order valence-corrected chi connectivity index (χ3v) is 7.59. The molecule has 0 aliphatic heterocycles. The summed E-state index contributed by atoms with van der Waals surface area (Å²) in [6.07, 6.45) is 0. The first-order valence-electron chi connectivity index (χ1n) is 9.57. The van der Waals surface area contributed by atoms with Crippen molar-refractivity contribution in [1.82, 2.24) is 0 Å². The minimum Gasteiger partial charge on any atom is -0.326 e. The van der Waals surface area contributed by atoms with Crippen LogP contribution in [0.4, 0.5) is 11.4 Å². The van der Waals surface area contributed by atoms with Gasteiger partial charge in [0.25, 0.3) is 5.91 Å². The second kappa shape index (κ2) is 9.80. The zero-order valence-electron chi connectivity index (χ0n) is 16.5. The zero-order valence-corrected chi connectivity index (χ0v) is 22.4. The molecule has 2 atom stereocenters. The van der Waals surface area contributed by atoms with Crippen LogP contribution in [0, 0.1) is 9.49 Å². The normalized spacial score (nSPS) is 18.5. The number of carbonyl (C=O) groups excluding carboxylic acids is 2. The number of rotatable bonds is 5. The van der Waals surface area contributed by atoms with Crippen molar-refractivity contribution < 1.29 is 9.59 Å². The van der Waals surface area contributed by atoms with E-state index in [0.717, 1.165) is 3.57 Å². The molecule has 0 aromatic heterocycles. The molecule has 4 rings (SSSR count). The lowest BCUT2D eigenvalue weighted by Gasteiger charge is -2.10. The summed E-state index contributed by atoms with van der Waals surface area (Å²) in [5.74, 6) is -2.00. The van der Waals surface area contributed by atoms with Crippen LogP contribution in [0.3, 0.4) is 0 Å². The molecule has 10 heteroatoms. The average molecular weight is 655 g/mol. The fourth-order valence-corrected chi connectivity index (χ4v) is 5.49. The Hall–Kier alpha value is -1.22. The fourth-order valence-electron chi connectivity index (χ4n) is 3.55. The number of halogens is 6. The van der Waals surface area contributed by atoms with E-state index in [4.69, 9.17) is 58.0 Å². The summed E-state index contributed by atoms with van der Waals surface area (Å²) < 4.78 is -0.267. The fraction of sp³-hybridized carbons (Fsp3) is 0.130. The van der Waals surface area contributed by atoms with E-state index in [9.17, 15) is 9.59 Å². The first kappa shape index (κ1) is 24.9. The second-order valence-corrected chi connectivity index (χ2v) is 11.4. The van der Waals surface area contributed by atoms with Crippen LogP contribution in [0.25, 0.3) is 0 Å². The molecule has 0 saturated heterocycles. The van der Waals surface area contributed by atoms with E-state index in [-0.39, 0.29) is 10.6 Å². The van der Waals surface area contributed by atoms with Crippen molar-refractivity contribution >= 4 is 104 Å². The van der Waals surface area contributed by atoms with Crippen molar-refractivity contribution in [3.8, 4) is 0 Å². The lowest BCUT2D eigenvalue weighted by atomic mass is 10.1. The lowest BCUT2D eigenvalue weighted by Crippen LogP contribution is -2.18. The molecule has 1 aliphatic rings. The van der Waals surface area contributed by atoms with Crippen molar-refractivity contribution in [2.45, 2.75) is 10.3 Å². The maximum atomic E-state index is 13.0. The number of benzene rings is 3. The number of amides is 2. The van der Waals surface area contributed by atoms with Crippen molar-refractivity contribution in [1.29, 1.82) is 0 Å². The van der Waals surface area contributed by atoms with Crippen molar-refractivity contribution in [3.63, 3.8) is 0 Å². The highest BCUT2D eigenvalue weighted by Gasteiger charge is 2.67. The maximum Gasteiger partial charge on any atom is 0.257 e. The van der Waals surface area contributed by atoms with E-state index >= 15 is 0 Å². The van der Waals surface area contributed by atoms with E-state index in [2.05, 4.69) is 33.2 Å². The van der Waals surface area contributed by atoms with E-state index in [1.165, 1.54) is 12.1 Å². The molecule has 0 unspecified atom stereocenters. The summed E-state index contributed by atoms with van der Waals surface area (Å²) in [5.41, 5.74) is 1.90. The molecule has 0 spiro atoms. The first-order chi connectivity index (χ1) is 15.6. The van der Waals surface area contributed by atoms with Gasteiger partial charge in [0.15, 0.2) is 0 Å². The minimum absolute atomic E-state index is 0.213. The molecule has 3 aromatic rings. The van der Waals surface area contributed by atoms with Gasteiger partial charge < -0.3 is 10.6 Å². The predicted molar refractivity (Wildman–Crippen MR) is 144 cm³/mol. The van der Waals surface area contributed by atoms with Crippen LogP contribution in [0.15, 0.2) is 60.7 Å². The van der Waals surface area contributed by atoms with Gasteiger partial charge in [0.1, 0.15) is 4.33 Å². The largest absolute Gasteiger partial charge is 0.326 e. The Morgan fingerprint density at radius 3 is 2.06 bits per heavy atom. The Balaban J connectivity index is 1.50. The van der Waals surface area contributed by atoms with Gasteiger partial charge in [0.05, 0.1) is 16.5 Å². The number of anilines is 2. The maximum absolute atomic E-state index is 13.0. The van der Waals surface area contributed by atoms with Gasteiger partial charge in [-0.2, -0.15) is 0 Å². The highest BCUT2D eigenvalue weighted by atomic mass is 127. The van der Waals surface area contributed by atoms with Crippen LogP contribution >= 0.6 is 80.6 Å². The molecule has 0 radical (unpaired) electrons. The van der Waals surface area contributed by atoms with Crippen LogP contribution in [0.5, 0.6) is 0 Å². The van der Waals surface area contributed by atoms with E-state index in [0.29, 0.717) is 27.0 Å². The highest BCUT2D eigenvalue weighted by Crippen LogP contribution is 2.65. The van der Waals surface area contributed by atoms with Crippen molar-refractivity contribution in [2.24, 2.45) is 5.92 Å². The molecule has 4 nitrogen and oxygen atoms in total. The van der Waals surface area contributed by atoms with E-state index in [1.54, 1.807) is 36.4 Å². The van der Waals surface area contributed by atoms with Crippen LogP contribution < -0.4 is 10.6 Å². The molecule has 2 amide bonds. The topological polar surface area (TPSA) is 58.2 Å². The quantitative estimate of drug-likeness (QED) is 0.216. The summed E-state index contributed by atoms with van der Waals surface area (Å²) in [7, 11) is 0. The number of carbonyl (C=O) groups is 2. The molecule has 0 heterocycles. The Kier molecular flexibility index (Phi) is 7.39. The van der Waals surface area contributed by atoms with Crippen LogP contribution in [0.2, 0.25) is 15.1 Å². The molecular weight excluding hydrogens is 640 g/mol. The van der Waals surface area contributed by atoms with E-state index in [1.807, 2.05) is 12.1 Å². The molecule has 2 N–H and O–H groups in total. The SMILES string of the molecule is O=C(Nc1ccc(I)cc1)c1cc(NC(=O)[C@@H]2[C@@H](c3cc(Cl)cc(Cl)c3)C2(Cl)Cl)ccc1Cl. The van der Waals surface area contributed by atoms with Gasteiger partial charge in [-0.15, -0.1) is 23.2 Å². The van der Waals surface area contributed by atoms with Crippen LogP contribution in [-0.4, -0.2) is 16.1 Å². The number of hydrogen-bond acceptors (Lipinski definition) is 2. The van der Waals surface area contributed by atoms with Gasteiger partial charge in [-0.3, -0.25) is 9.59 Å². The number of nitrogens with one attached hydrogen (secondary N) is 2. The molecule has 1 fully saturated rings. The number of hydrogen-bond donors (Lipinski definition) is 2. The Bertz CT molecular complexity index is 1230. The van der Waals surface area contributed by atoms with Crippen LogP contribution in [-0.2, 0) is 4.79 Å². The Morgan fingerprint density at radius 2 is 1.42 bits per heavy atom. The summed E-state index contributed by atoms with van der Waals surface area (Å²) in [6, 6.07) is 16.9. The molecule has 1 aliphatic carbocycles. The Labute approximate surface area is 229 Å². The molecule has 1 saturated carbocycles. The average Bonchev–Trinajstić information content (AvgIpc) is 3.32. The number of alkyl halides is 2. The van der Waals surface area contributed by atoms with E-state index < -0.39 is 28.0 Å². The molecule has 0 bridgehead atoms. The molecular formula is C23H14Cl5IN2O2. The summed E-state index contributed by atoms with van der Waals surface area (Å²) in [4.78, 5) is 25.7.